The Bertz CT molecular complexity index is 1020. The largest absolute Gasteiger partial charge is 0.261 e. The standard InChI is InChI=1S/C18H13FN6/c19-14-8-6-13(7-9-14)10-22-24-17-16-11-23-25(18(16)21-12-20-17)15-4-2-1-3-5-15/h1-12H,(H,20,21,24)/b22-10+. The molecule has 0 saturated carbocycles. The van der Waals surface area contributed by atoms with Gasteiger partial charge in [-0.05, 0) is 29.8 Å². The topological polar surface area (TPSA) is 68.0 Å². The molecule has 6 nitrogen and oxygen atoms in total. The Hall–Kier alpha value is -3.61. The van der Waals surface area contributed by atoms with Crippen molar-refractivity contribution in [3.8, 4) is 5.69 Å². The van der Waals surface area contributed by atoms with E-state index in [2.05, 4.69) is 25.6 Å². The van der Waals surface area contributed by atoms with Gasteiger partial charge in [0.15, 0.2) is 11.5 Å². The minimum absolute atomic E-state index is 0.282. The van der Waals surface area contributed by atoms with Gasteiger partial charge in [0.1, 0.15) is 12.1 Å². The van der Waals surface area contributed by atoms with Crippen LogP contribution in [0.15, 0.2) is 72.2 Å². The van der Waals surface area contributed by atoms with Crippen molar-refractivity contribution in [2.24, 2.45) is 5.10 Å². The predicted octanol–water partition coefficient (Wildman–Crippen LogP) is 3.40. The highest BCUT2D eigenvalue weighted by molar-refractivity contribution is 5.88. The molecule has 7 heteroatoms. The molecule has 2 aromatic carbocycles. The number of benzene rings is 2. The summed E-state index contributed by atoms with van der Waals surface area (Å²) in [6, 6.07) is 15.8. The van der Waals surface area contributed by atoms with Crippen LogP contribution in [-0.4, -0.2) is 26.0 Å². The normalized spacial score (nSPS) is 11.2. The van der Waals surface area contributed by atoms with Gasteiger partial charge in [0.2, 0.25) is 0 Å². The molecule has 0 fully saturated rings. The number of hydrogen-bond donors (Lipinski definition) is 1. The van der Waals surface area contributed by atoms with Crippen molar-refractivity contribution in [1.29, 1.82) is 0 Å². The zero-order valence-corrected chi connectivity index (χ0v) is 13.0. The first-order valence-electron chi connectivity index (χ1n) is 7.60. The molecular weight excluding hydrogens is 319 g/mol. The Balaban J connectivity index is 1.62. The monoisotopic (exact) mass is 332 g/mol. The third-order valence-electron chi connectivity index (χ3n) is 3.62. The van der Waals surface area contributed by atoms with Crippen LogP contribution in [-0.2, 0) is 0 Å². The quantitative estimate of drug-likeness (QED) is 0.459. The van der Waals surface area contributed by atoms with E-state index in [9.17, 15) is 4.39 Å². The van der Waals surface area contributed by atoms with Crippen molar-refractivity contribution in [2.75, 3.05) is 5.43 Å². The molecule has 0 amide bonds. The maximum Gasteiger partial charge on any atom is 0.168 e. The summed E-state index contributed by atoms with van der Waals surface area (Å²) in [6.07, 6.45) is 4.74. The van der Waals surface area contributed by atoms with E-state index >= 15 is 0 Å². The van der Waals surface area contributed by atoms with Crippen LogP contribution in [0.5, 0.6) is 0 Å². The van der Waals surface area contributed by atoms with Gasteiger partial charge in [-0.15, -0.1) is 0 Å². The first-order valence-corrected chi connectivity index (χ1v) is 7.60. The van der Waals surface area contributed by atoms with Gasteiger partial charge >= 0.3 is 0 Å². The summed E-state index contributed by atoms with van der Waals surface area (Å²) in [7, 11) is 0. The second-order valence-corrected chi connectivity index (χ2v) is 5.27. The third-order valence-corrected chi connectivity index (χ3v) is 3.62. The highest BCUT2D eigenvalue weighted by Gasteiger charge is 2.10. The highest BCUT2D eigenvalue weighted by Crippen LogP contribution is 2.21. The van der Waals surface area contributed by atoms with Gasteiger partial charge in [-0.2, -0.15) is 10.2 Å². The number of aromatic nitrogens is 4. The minimum Gasteiger partial charge on any atom is -0.261 e. The molecule has 25 heavy (non-hydrogen) atoms. The molecule has 0 spiro atoms. The van der Waals surface area contributed by atoms with E-state index in [0.717, 1.165) is 16.6 Å². The molecule has 4 rings (SSSR count). The number of rotatable bonds is 4. The van der Waals surface area contributed by atoms with Crippen LogP contribution >= 0.6 is 0 Å². The van der Waals surface area contributed by atoms with E-state index in [1.807, 2.05) is 30.3 Å². The van der Waals surface area contributed by atoms with Crippen molar-refractivity contribution in [1.82, 2.24) is 19.7 Å². The minimum atomic E-state index is -0.282. The van der Waals surface area contributed by atoms with Crippen molar-refractivity contribution in [3.63, 3.8) is 0 Å². The molecule has 0 radical (unpaired) electrons. The van der Waals surface area contributed by atoms with Crippen molar-refractivity contribution in [3.05, 3.63) is 78.5 Å². The van der Waals surface area contributed by atoms with Crippen LogP contribution < -0.4 is 5.43 Å². The number of fused-ring (bicyclic) bond motifs is 1. The summed E-state index contributed by atoms with van der Waals surface area (Å²) in [5.74, 6) is 0.265. The van der Waals surface area contributed by atoms with Gasteiger partial charge in [0.05, 0.1) is 23.5 Å². The lowest BCUT2D eigenvalue weighted by Gasteiger charge is -2.03. The Kier molecular flexibility index (Phi) is 3.88. The van der Waals surface area contributed by atoms with E-state index in [-0.39, 0.29) is 5.82 Å². The fraction of sp³-hybridized carbons (Fsp3) is 0. The SMILES string of the molecule is Fc1ccc(/C=N/Nc2ncnc3c2cnn3-c2ccccc2)cc1. The van der Waals surface area contributed by atoms with Gasteiger partial charge in [0, 0.05) is 0 Å². The van der Waals surface area contributed by atoms with Crippen molar-refractivity contribution < 1.29 is 4.39 Å². The van der Waals surface area contributed by atoms with Crippen LogP contribution in [0.1, 0.15) is 5.56 Å². The predicted molar refractivity (Wildman–Crippen MR) is 94.3 cm³/mol. The Morgan fingerprint density at radius 2 is 1.80 bits per heavy atom. The molecule has 2 heterocycles. The second-order valence-electron chi connectivity index (χ2n) is 5.27. The summed E-state index contributed by atoms with van der Waals surface area (Å²) in [4.78, 5) is 8.52. The number of halogens is 1. The lowest BCUT2D eigenvalue weighted by Crippen LogP contribution is -1.99. The summed E-state index contributed by atoms with van der Waals surface area (Å²) < 4.78 is 14.6. The summed E-state index contributed by atoms with van der Waals surface area (Å²) in [5.41, 5.74) is 5.26. The Labute approximate surface area is 142 Å². The molecule has 0 saturated heterocycles. The van der Waals surface area contributed by atoms with E-state index in [0.29, 0.717) is 11.5 Å². The molecule has 0 bridgehead atoms. The maximum absolute atomic E-state index is 12.9. The molecule has 0 atom stereocenters. The molecule has 0 unspecified atom stereocenters. The van der Waals surface area contributed by atoms with Gasteiger partial charge in [-0.25, -0.2) is 19.0 Å². The van der Waals surface area contributed by atoms with Gasteiger partial charge in [-0.3, -0.25) is 5.43 Å². The third kappa shape index (κ3) is 3.07. The van der Waals surface area contributed by atoms with Gasteiger partial charge < -0.3 is 0 Å². The molecule has 122 valence electrons. The fourth-order valence-electron chi connectivity index (χ4n) is 2.41. The van der Waals surface area contributed by atoms with Crippen molar-refractivity contribution in [2.45, 2.75) is 0 Å². The number of para-hydroxylation sites is 1. The van der Waals surface area contributed by atoms with E-state index in [1.165, 1.54) is 18.5 Å². The van der Waals surface area contributed by atoms with Crippen LogP contribution in [0.2, 0.25) is 0 Å². The molecule has 4 aromatic rings. The van der Waals surface area contributed by atoms with Crippen molar-refractivity contribution >= 4 is 23.1 Å². The summed E-state index contributed by atoms with van der Waals surface area (Å²) in [5, 5.41) is 9.28. The second kappa shape index (κ2) is 6.48. The smallest absolute Gasteiger partial charge is 0.168 e. The van der Waals surface area contributed by atoms with Crippen LogP contribution in [0, 0.1) is 5.82 Å². The van der Waals surface area contributed by atoms with Crippen LogP contribution in [0.25, 0.3) is 16.7 Å². The van der Waals surface area contributed by atoms with E-state index in [1.54, 1.807) is 29.2 Å². The number of hydrazone groups is 1. The van der Waals surface area contributed by atoms with Gasteiger partial charge in [0.25, 0.3) is 0 Å². The fourth-order valence-corrected chi connectivity index (χ4v) is 2.41. The zero-order valence-electron chi connectivity index (χ0n) is 13.0. The summed E-state index contributed by atoms with van der Waals surface area (Å²) in [6.45, 7) is 0. The van der Waals surface area contributed by atoms with E-state index in [4.69, 9.17) is 0 Å². The summed E-state index contributed by atoms with van der Waals surface area (Å²) >= 11 is 0. The first kappa shape index (κ1) is 14.9. The van der Waals surface area contributed by atoms with Crippen LogP contribution in [0.4, 0.5) is 10.2 Å². The highest BCUT2D eigenvalue weighted by atomic mass is 19.1. The van der Waals surface area contributed by atoms with Crippen LogP contribution in [0.3, 0.4) is 0 Å². The van der Waals surface area contributed by atoms with Gasteiger partial charge in [-0.1, -0.05) is 30.3 Å². The molecular formula is C18H13FN6. The average Bonchev–Trinajstić information content (AvgIpc) is 3.09. The molecule has 0 aliphatic rings. The lowest BCUT2D eigenvalue weighted by molar-refractivity contribution is 0.628. The Morgan fingerprint density at radius 1 is 1.00 bits per heavy atom. The molecule has 0 aliphatic heterocycles. The molecule has 2 aromatic heterocycles. The Morgan fingerprint density at radius 3 is 2.60 bits per heavy atom. The molecule has 0 aliphatic carbocycles. The number of nitrogens with one attached hydrogen (secondary N) is 1. The average molecular weight is 332 g/mol. The lowest BCUT2D eigenvalue weighted by atomic mass is 10.2. The maximum atomic E-state index is 12.9. The van der Waals surface area contributed by atoms with E-state index < -0.39 is 0 Å². The first-order chi connectivity index (χ1) is 12.3. The number of anilines is 1. The zero-order chi connectivity index (χ0) is 17.1. The number of nitrogens with zero attached hydrogens (tertiary/aromatic N) is 5. The number of hydrogen-bond acceptors (Lipinski definition) is 5. The molecule has 1 N–H and O–H groups in total.